The number of aromatic nitrogens is 2. The minimum atomic E-state index is -3.70. The second-order valence-electron chi connectivity index (χ2n) is 7.08. The van der Waals surface area contributed by atoms with E-state index in [0.29, 0.717) is 24.2 Å². The van der Waals surface area contributed by atoms with Crippen LogP contribution < -0.4 is 15.8 Å². The number of fused-ring (bicyclic) bond motifs is 1. The summed E-state index contributed by atoms with van der Waals surface area (Å²) >= 11 is 0. The summed E-state index contributed by atoms with van der Waals surface area (Å²) in [5.41, 5.74) is 2.28. The van der Waals surface area contributed by atoms with Crippen LogP contribution in [-0.2, 0) is 20.2 Å². The van der Waals surface area contributed by atoms with Crippen LogP contribution in [0.2, 0.25) is 0 Å². The lowest BCUT2D eigenvalue weighted by molar-refractivity contribution is 0.141. The number of nitrogens with zero attached hydrogens (tertiary/aromatic N) is 1. The Balaban J connectivity index is 1.41. The molecule has 2 aromatic rings. The molecule has 2 atom stereocenters. The van der Waals surface area contributed by atoms with Gasteiger partial charge in [0, 0.05) is 23.4 Å². The number of rotatable bonds is 4. The van der Waals surface area contributed by atoms with E-state index in [-0.39, 0.29) is 24.8 Å². The summed E-state index contributed by atoms with van der Waals surface area (Å²) in [5.74, 6) is 0.547. The van der Waals surface area contributed by atoms with Gasteiger partial charge in [-0.15, -0.1) is 0 Å². The summed E-state index contributed by atoms with van der Waals surface area (Å²) in [4.78, 5) is 25.9. The summed E-state index contributed by atoms with van der Waals surface area (Å²) < 4.78 is 30.8. The van der Waals surface area contributed by atoms with Crippen molar-refractivity contribution in [3.05, 3.63) is 73.6 Å². The van der Waals surface area contributed by atoms with E-state index in [1.807, 2.05) is 31.2 Å². The first-order chi connectivity index (χ1) is 13.3. The fourth-order valence-corrected chi connectivity index (χ4v) is 4.71. The number of phosphoric ester groups is 1. The van der Waals surface area contributed by atoms with Gasteiger partial charge in [0.05, 0.1) is 13.2 Å². The van der Waals surface area contributed by atoms with Crippen LogP contribution in [0.25, 0.3) is 0 Å². The van der Waals surface area contributed by atoms with Gasteiger partial charge < -0.3 is 4.52 Å². The van der Waals surface area contributed by atoms with E-state index >= 15 is 0 Å². The quantitative estimate of drug-likeness (QED) is 0.621. The SMILES string of the molecule is Cc1cccc2c1OP(=O)(OCC1=CC[C@H](n3cc(C)c(=O)[nH]c3=O)C1)OC2. The Labute approximate surface area is 161 Å². The molecule has 0 amide bonds. The van der Waals surface area contributed by atoms with Gasteiger partial charge >= 0.3 is 13.5 Å². The summed E-state index contributed by atoms with van der Waals surface area (Å²) in [6, 6.07) is 5.52. The maximum Gasteiger partial charge on any atom is 0.530 e. The number of H-pyrrole nitrogens is 1. The van der Waals surface area contributed by atoms with Gasteiger partial charge in [-0.3, -0.25) is 23.4 Å². The Hall–Kier alpha value is -2.41. The number of allylic oxidation sites excluding steroid dienone is 1. The minimum absolute atomic E-state index is 0.0894. The normalized spacial score (nSPS) is 23.8. The first-order valence-corrected chi connectivity index (χ1v) is 10.5. The van der Waals surface area contributed by atoms with Crippen molar-refractivity contribution >= 4 is 7.82 Å². The van der Waals surface area contributed by atoms with Gasteiger partial charge in [-0.25, -0.2) is 9.36 Å². The molecule has 0 saturated heterocycles. The van der Waals surface area contributed by atoms with Crippen LogP contribution >= 0.6 is 7.82 Å². The number of hydrogen-bond acceptors (Lipinski definition) is 6. The van der Waals surface area contributed by atoms with E-state index in [1.165, 1.54) is 4.57 Å². The Bertz CT molecular complexity index is 1120. The molecule has 0 bridgehead atoms. The zero-order chi connectivity index (χ0) is 19.9. The van der Waals surface area contributed by atoms with Gasteiger partial charge in [0.1, 0.15) is 5.75 Å². The number of phosphoric acid groups is 1. The van der Waals surface area contributed by atoms with E-state index in [9.17, 15) is 14.2 Å². The second-order valence-corrected chi connectivity index (χ2v) is 8.68. The Morgan fingerprint density at radius 3 is 2.93 bits per heavy atom. The van der Waals surface area contributed by atoms with Gasteiger partial charge in [0.25, 0.3) is 5.56 Å². The lowest BCUT2D eigenvalue weighted by Crippen LogP contribution is -2.32. The molecule has 148 valence electrons. The lowest BCUT2D eigenvalue weighted by atomic mass is 10.1. The van der Waals surface area contributed by atoms with Crippen molar-refractivity contribution in [1.82, 2.24) is 9.55 Å². The van der Waals surface area contributed by atoms with Crippen molar-refractivity contribution in [3.63, 3.8) is 0 Å². The predicted octanol–water partition coefficient (Wildman–Crippen LogP) is 3.15. The number of hydrogen-bond donors (Lipinski definition) is 1. The van der Waals surface area contributed by atoms with Crippen LogP contribution in [-0.4, -0.2) is 16.2 Å². The molecule has 1 aliphatic heterocycles. The molecule has 1 N–H and O–H groups in total. The molecule has 2 aliphatic rings. The summed E-state index contributed by atoms with van der Waals surface area (Å²) in [7, 11) is -3.70. The van der Waals surface area contributed by atoms with E-state index in [1.54, 1.807) is 13.1 Å². The van der Waals surface area contributed by atoms with Crippen LogP contribution in [0.15, 0.2) is 45.6 Å². The van der Waals surface area contributed by atoms with Crippen molar-refractivity contribution in [3.8, 4) is 5.75 Å². The highest BCUT2D eigenvalue weighted by Crippen LogP contribution is 2.55. The summed E-state index contributed by atoms with van der Waals surface area (Å²) in [5, 5.41) is 0. The fraction of sp³-hybridized carbons (Fsp3) is 0.368. The molecule has 2 heterocycles. The van der Waals surface area contributed by atoms with Crippen molar-refractivity contribution in [2.75, 3.05) is 6.61 Å². The monoisotopic (exact) mass is 404 g/mol. The standard InChI is InChI=1S/C19H21N2O6P/c1-12-4-3-5-15-11-26-28(24,27-17(12)15)25-10-14-6-7-16(8-14)21-9-13(2)18(22)20-19(21)23/h3-6,9,16H,7-8,10-11H2,1-2H3,(H,20,22,23)/t16-,28?/m0/s1. The zero-order valence-electron chi connectivity index (χ0n) is 15.6. The Kier molecular flexibility index (Phi) is 4.87. The number of nitrogens with one attached hydrogen (secondary N) is 1. The molecular weight excluding hydrogens is 383 g/mol. The molecule has 0 fully saturated rings. The molecule has 1 unspecified atom stereocenters. The topological polar surface area (TPSA) is 99.6 Å². The minimum Gasteiger partial charge on any atom is -0.403 e. The Morgan fingerprint density at radius 2 is 2.11 bits per heavy atom. The van der Waals surface area contributed by atoms with E-state index in [2.05, 4.69) is 4.98 Å². The molecule has 1 aliphatic carbocycles. The molecule has 8 nitrogen and oxygen atoms in total. The number of benzene rings is 1. The molecule has 1 aromatic carbocycles. The average Bonchev–Trinajstić information content (AvgIpc) is 3.13. The second kappa shape index (κ2) is 7.20. The van der Waals surface area contributed by atoms with Crippen molar-refractivity contribution < 1.29 is 18.1 Å². The lowest BCUT2D eigenvalue weighted by Gasteiger charge is -2.26. The van der Waals surface area contributed by atoms with Crippen molar-refractivity contribution in [2.45, 2.75) is 39.3 Å². The first-order valence-electron chi connectivity index (χ1n) is 9.02. The van der Waals surface area contributed by atoms with Crippen LogP contribution in [0.5, 0.6) is 5.75 Å². The number of aromatic amines is 1. The Morgan fingerprint density at radius 1 is 1.29 bits per heavy atom. The molecule has 0 spiro atoms. The first kappa shape index (κ1) is 18.9. The van der Waals surface area contributed by atoms with E-state index in [0.717, 1.165) is 16.7 Å². The van der Waals surface area contributed by atoms with E-state index in [4.69, 9.17) is 13.6 Å². The van der Waals surface area contributed by atoms with Gasteiger partial charge in [0.15, 0.2) is 0 Å². The highest BCUT2D eigenvalue weighted by atomic mass is 31.2. The van der Waals surface area contributed by atoms with E-state index < -0.39 is 13.5 Å². The molecule has 28 heavy (non-hydrogen) atoms. The summed E-state index contributed by atoms with van der Waals surface area (Å²) in [6.45, 7) is 3.79. The molecule has 0 radical (unpaired) electrons. The third kappa shape index (κ3) is 3.63. The fourth-order valence-electron chi connectivity index (χ4n) is 3.43. The van der Waals surface area contributed by atoms with Gasteiger partial charge in [-0.1, -0.05) is 24.3 Å². The van der Waals surface area contributed by atoms with Gasteiger partial charge in [-0.05, 0) is 37.8 Å². The van der Waals surface area contributed by atoms with Crippen LogP contribution in [0, 0.1) is 13.8 Å². The van der Waals surface area contributed by atoms with Gasteiger partial charge in [-0.2, -0.15) is 0 Å². The molecule has 9 heteroatoms. The molecular formula is C19H21N2O6P. The predicted molar refractivity (Wildman–Crippen MR) is 103 cm³/mol. The van der Waals surface area contributed by atoms with Crippen LogP contribution in [0.1, 0.15) is 35.6 Å². The highest BCUT2D eigenvalue weighted by Gasteiger charge is 2.35. The average molecular weight is 404 g/mol. The summed E-state index contributed by atoms with van der Waals surface area (Å²) in [6.07, 6.45) is 4.70. The van der Waals surface area contributed by atoms with Crippen LogP contribution in [0.4, 0.5) is 0 Å². The van der Waals surface area contributed by atoms with Gasteiger partial charge in [0.2, 0.25) is 0 Å². The largest absolute Gasteiger partial charge is 0.530 e. The maximum atomic E-state index is 12.8. The third-order valence-corrected chi connectivity index (χ3v) is 6.30. The van der Waals surface area contributed by atoms with Crippen LogP contribution in [0.3, 0.4) is 0 Å². The maximum absolute atomic E-state index is 12.8. The number of aryl methyl sites for hydroxylation is 2. The molecule has 4 rings (SSSR count). The van der Waals surface area contributed by atoms with Crippen molar-refractivity contribution in [1.29, 1.82) is 0 Å². The highest BCUT2D eigenvalue weighted by molar-refractivity contribution is 7.49. The zero-order valence-corrected chi connectivity index (χ0v) is 16.5. The smallest absolute Gasteiger partial charge is 0.403 e. The molecule has 0 saturated carbocycles. The number of para-hydroxylation sites is 1. The third-order valence-electron chi connectivity index (χ3n) is 5.00. The molecule has 1 aromatic heterocycles. The van der Waals surface area contributed by atoms with Crippen molar-refractivity contribution in [2.24, 2.45) is 0 Å².